The number of hydrogen-bond donors (Lipinski definition) is 1. The minimum atomic E-state index is -3.71. The van der Waals surface area contributed by atoms with Gasteiger partial charge < -0.3 is 4.98 Å². The van der Waals surface area contributed by atoms with Crippen LogP contribution in [0.15, 0.2) is 39.3 Å². The summed E-state index contributed by atoms with van der Waals surface area (Å²) in [6.07, 6.45) is 1.35. The summed E-state index contributed by atoms with van der Waals surface area (Å²) >= 11 is 2.40. The van der Waals surface area contributed by atoms with Crippen LogP contribution in [0.5, 0.6) is 0 Å². The Hall–Kier alpha value is -1.81. The summed E-state index contributed by atoms with van der Waals surface area (Å²) in [7, 11) is -3.71. The Balaban J connectivity index is 1.61. The van der Waals surface area contributed by atoms with Crippen molar-refractivity contribution in [3.63, 3.8) is 0 Å². The van der Waals surface area contributed by atoms with Crippen LogP contribution in [0.4, 0.5) is 0 Å². The average Bonchev–Trinajstić information content (AvgIpc) is 3.24. The van der Waals surface area contributed by atoms with Crippen molar-refractivity contribution in [3.05, 3.63) is 49.8 Å². The minimum absolute atomic E-state index is 0.0294. The molecule has 4 rings (SSSR count). The zero-order valence-corrected chi connectivity index (χ0v) is 17.0. The van der Waals surface area contributed by atoms with Crippen molar-refractivity contribution >= 4 is 48.7 Å². The standard InChI is InChI=1S/C18H18N2O4S3/c1-11-6-8-25-17(11)16(21)12-3-2-7-20(10-12)27(23,24)13-4-5-14-15(9-13)26-18(22)19-14/h4-6,8-9,12H,2-3,7,10H2,1H3,(H,19,22)/t12-/m0/s1. The van der Waals surface area contributed by atoms with E-state index in [-0.39, 0.29) is 28.0 Å². The number of H-pyrrole nitrogens is 1. The highest BCUT2D eigenvalue weighted by molar-refractivity contribution is 7.89. The monoisotopic (exact) mass is 422 g/mol. The Morgan fingerprint density at radius 1 is 1.30 bits per heavy atom. The highest BCUT2D eigenvalue weighted by Gasteiger charge is 2.34. The summed E-state index contributed by atoms with van der Waals surface area (Å²) in [5.41, 5.74) is 1.57. The van der Waals surface area contributed by atoms with Gasteiger partial charge in [0.05, 0.1) is 20.0 Å². The van der Waals surface area contributed by atoms with Crippen molar-refractivity contribution < 1.29 is 13.2 Å². The molecule has 2 aromatic heterocycles. The largest absolute Gasteiger partial charge is 0.312 e. The summed E-state index contributed by atoms with van der Waals surface area (Å²) < 4.78 is 28.2. The fourth-order valence-corrected chi connectivity index (χ4v) is 6.77. The minimum Gasteiger partial charge on any atom is -0.312 e. The Morgan fingerprint density at radius 2 is 2.11 bits per heavy atom. The fraction of sp³-hybridized carbons (Fsp3) is 0.333. The molecule has 0 bridgehead atoms. The van der Waals surface area contributed by atoms with Crippen LogP contribution >= 0.6 is 22.7 Å². The van der Waals surface area contributed by atoms with Crippen molar-refractivity contribution in [2.75, 3.05) is 13.1 Å². The Kier molecular flexibility index (Phi) is 4.79. The van der Waals surface area contributed by atoms with Crippen LogP contribution in [0.3, 0.4) is 0 Å². The topological polar surface area (TPSA) is 87.3 Å². The third kappa shape index (κ3) is 3.40. The molecule has 0 spiro atoms. The van der Waals surface area contributed by atoms with Gasteiger partial charge in [-0.2, -0.15) is 4.31 Å². The molecule has 0 saturated carbocycles. The molecule has 0 unspecified atom stereocenters. The second-order valence-electron chi connectivity index (χ2n) is 6.67. The molecule has 9 heteroatoms. The van der Waals surface area contributed by atoms with Gasteiger partial charge >= 0.3 is 4.87 Å². The molecule has 6 nitrogen and oxygen atoms in total. The number of nitrogens with one attached hydrogen (secondary N) is 1. The molecule has 1 N–H and O–H groups in total. The molecule has 1 fully saturated rings. The maximum absolute atomic E-state index is 13.1. The number of piperidine rings is 1. The summed E-state index contributed by atoms with van der Waals surface area (Å²) in [6, 6.07) is 6.56. The van der Waals surface area contributed by atoms with Crippen LogP contribution in [0.1, 0.15) is 28.1 Å². The van der Waals surface area contributed by atoms with Crippen molar-refractivity contribution in [3.8, 4) is 0 Å². The molecule has 1 atom stereocenters. The number of Topliss-reactive ketones (excluding diaryl/α,β-unsaturated/α-hetero) is 1. The molecular weight excluding hydrogens is 404 g/mol. The van der Waals surface area contributed by atoms with Crippen LogP contribution in [-0.4, -0.2) is 36.6 Å². The van der Waals surface area contributed by atoms with E-state index in [0.717, 1.165) is 21.8 Å². The Labute approximate surface area is 164 Å². The number of aromatic nitrogens is 1. The number of ketones is 1. The first-order valence-electron chi connectivity index (χ1n) is 8.57. The normalized spacial score (nSPS) is 18.8. The quantitative estimate of drug-likeness (QED) is 0.654. The smallest absolute Gasteiger partial charge is 0.305 e. The van der Waals surface area contributed by atoms with E-state index in [0.29, 0.717) is 29.6 Å². The molecule has 0 aliphatic carbocycles. The third-order valence-electron chi connectivity index (χ3n) is 4.87. The van der Waals surface area contributed by atoms with Gasteiger partial charge in [0.25, 0.3) is 0 Å². The predicted octanol–water partition coefficient (Wildman–Crippen LogP) is 3.24. The van der Waals surface area contributed by atoms with Gasteiger partial charge in [0, 0.05) is 19.0 Å². The molecular formula is C18H18N2O4S3. The summed E-state index contributed by atoms with van der Waals surface area (Å²) in [6.45, 7) is 2.50. The molecule has 1 saturated heterocycles. The molecule has 3 aromatic rings. The number of thiazole rings is 1. The third-order valence-corrected chi connectivity index (χ3v) is 8.61. The highest BCUT2D eigenvalue weighted by Crippen LogP contribution is 2.29. The van der Waals surface area contributed by atoms with Gasteiger partial charge in [-0.15, -0.1) is 11.3 Å². The maximum Gasteiger partial charge on any atom is 0.305 e. The van der Waals surface area contributed by atoms with E-state index in [2.05, 4.69) is 4.98 Å². The van der Waals surface area contributed by atoms with E-state index >= 15 is 0 Å². The van der Waals surface area contributed by atoms with Crippen LogP contribution in [0.2, 0.25) is 0 Å². The number of benzene rings is 1. The summed E-state index contributed by atoms with van der Waals surface area (Å²) in [5.74, 6) is -0.292. The van der Waals surface area contributed by atoms with Crippen molar-refractivity contribution in [2.45, 2.75) is 24.7 Å². The zero-order valence-electron chi connectivity index (χ0n) is 14.6. The lowest BCUT2D eigenvalue weighted by Crippen LogP contribution is -2.42. The number of thiophene rings is 1. The molecule has 1 aliphatic heterocycles. The molecule has 1 aliphatic rings. The first-order chi connectivity index (χ1) is 12.9. The lowest BCUT2D eigenvalue weighted by atomic mass is 9.93. The number of sulfonamides is 1. The molecule has 142 valence electrons. The number of aryl methyl sites for hydroxylation is 1. The van der Waals surface area contributed by atoms with E-state index in [1.54, 1.807) is 6.07 Å². The predicted molar refractivity (Wildman–Crippen MR) is 107 cm³/mol. The van der Waals surface area contributed by atoms with Gasteiger partial charge in [-0.25, -0.2) is 8.42 Å². The van der Waals surface area contributed by atoms with Crippen LogP contribution in [-0.2, 0) is 10.0 Å². The van der Waals surface area contributed by atoms with E-state index in [1.165, 1.54) is 27.8 Å². The second-order valence-corrected chi connectivity index (χ2v) is 10.5. The number of nitrogens with zero attached hydrogens (tertiary/aromatic N) is 1. The second kappa shape index (κ2) is 6.97. The number of aromatic amines is 1. The van der Waals surface area contributed by atoms with Crippen molar-refractivity contribution in [1.82, 2.24) is 9.29 Å². The van der Waals surface area contributed by atoms with Crippen LogP contribution in [0, 0.1) is 12.8 Å². The number of carbonyl (C=O) groups is 1. The van der Waals surface area contributed by atoms with Crippen LogP contribution < -0.4 is 4.87 Å². The van der Waals surface area contributed by atoms with E-state index in [9.17, 15) is 18.0 Å². The average molecular weight is 423 g/mol. The van der Waals surface area contributed by atoms with E-state index in [1.807, 2.05) is 18.4 Å². The van der Waals surface area contributed by atoms with Gasteiger partial charge in [-0.05, 0) is 55.0 Å². The zero-order chi connectivity index (χ0) is 19.2. The molecule has 0 amide bonds. The molecule has 27 heavy (non-hydrogen) atoms. The summed E-state index contributed by atoms with van der Waals surface area (Å²) in [4.78, 5) is 27.6. The van der Waals surface area contributed by atoms with Crippen molar-refractivity contribution in [2.24, 2.45) is 5.92 Å². The lowest BCUT2D eigenvalue weighted by Gasteiger charge is -2.31. The molecule has 1 aromatic carbocycles. The van der Waals surface area contributed by atoms with Gasteiger partial charge in [0.15, 0.2) is 5.78 Å². The summed E-state index contributed by atoms with van der Waals surface area (Å²) in [5, 5.41) is 1.89. The number of carbonyl (C=O) groups excluding carboxylic acids is 1. The van der Waals surface area contributed by atoms with E-state index < -0.39 is 10.0 Å². The fourth-order valence-electron chi connectivity index (χ4n) is 3.42. The lowest BCUT2D eigenvalue weighted by molar-refractivity contribution is 0.0876. The number of rotatable bonds is 4. The Morgan fingerprint density at radius 3 is 2.85 bits per heavy atom. The SMILES string of the molecule is Cc1ccsc1C(=O)[C@H]1CCCN(S(=O)(=O)c2ccc3[nH]c(=O)sc3c2)C1. The first-order valence-corrected chi connectivity index (χ1v) is 11.7. The molecule has 3 heterocycles. The maximum atomic E-state index is 13.1. The van der Waals surface area contributed by atoms with Gasteiger partial charge in [0.2, 0.25) is 10.0 Å². The molecule has 0 radical (unpaired) electrons. The van der Waals surface area contributed by atoms with Gasteiger partial charge in [-0.3, -0.25) is 9.59 Å². The Bertz CT molecular complexity index is 1170. The van der Waals surface area contributed by atoms with E-state index in [4.69, 9.17) is 0 Å². The highest BCUT2D eigenvalue weighted by atomic mass is 32.2. The number of fused-ring (bicyclic) bond motifs is 1. The first kappa shape index (κ1) is 18.5. The van der Waals surface area contributed by atoms with Crippen LogP contribution in [0.25, 0.3) is 10.2 Å². The van der Waals surface area contributed by atoms with Crippen molar-refractivity contribution in [1.29, 1.82) is 0 Å². The van der Waals surface area contributed by atoms with Gasteiger partial charge in [-0.1, -0.05) is 11.3 Å². The number of hydrogen-bond acceptors (Lipinski definition) is 6. The van der Waals surface area contributed by atoms with Gasteiger partial charge in [0.1, 0.15) is 0 Å².